The van der Waals surface area contributed by atoms with Gasteiger partial charge in [0.2, 0.25) is 0 Å². The van der Waals surface area contributed by atoms with Crippen molar-refractivity contribution in [2.45, 2.75) is 0 Å². The van der Waals surface area contributed by atoms with Crippen LogP contribution in [0.3, 0.4) is 0 Å². The van der Waals surface area contributed by atoms with Crippen molar-refractivity contribution in [3.63, 3.8) is 0 Å². The summed E-state index contributed by atoms with van der Waals surface area (Å²) in [4.78, 5) is 18.7. The highest BCUT2D eigenvalue weighted by atomic mass is 35.5. The number of nitrogens with zero attached hydrogens (tertiary/aromatic N) is 1. The van der Waals surface area contributed by atoms with Crippen LogP contribution in [0.1, 0.15) is 0 Å². The summed E-state index contributed by atoms with van der Waals surface area (Å²) in [5, 5.41) is 10.2. The van der Waals surface area contributed by atoms with Crippen molar-refractivity contribution in [3.05, 3.63) is 33.3 Å². The van der Waals surface area contributed by atoms with Gasteiger partial charge < -0.3 is 4.52 Å². The Morgan fingerprint density at radius 1 is 1.56 bits per heavy atom. The maximum atomic E-state index is 11.0. The highest BCUT2D eigenvalue weighted by Crippen LogP contribution is 2.45. The second kappa shape index (κ2) is 4.80. The average molecular weight is 268 g/mol. The quantitative estimate of drug-likeness (QED) is 0.511. The molecule has 0 fully saturated rings. The molecule has 0 aliphatic heterocycles. The topological polar surface area (TPSA) is 98.9 Å². The Morgan fingerprint density at radius 3 is 2.62 bits per heavy atom. The summed E-state index contributed by atoms with van der Waals surface area (Å²) in [6.45, 7) is 0. The van der Waals surface area contributed by atoms with Crippen LogP contribution in [0.2, 0.25) is 5.02 Å². The Bertz CT molecular complexity index is 464. The molecular formula is C7H7ClNO6P. The maximum absolute atomic E-state index is 11.0. The zero-order valence-electron chi connectivity index (χ0n) is 7.99. The van der Waals surface area contributed by atoms with Crippen LogP contribution in [-0.4, -0.2) is 16.9 Å². The van der Waals surface area contributed by atoms with Crippen molar-refractivity contribution < 1.29 is 23.4 Å². The van der Waals surface area contributed by atoms with E-state index in [-0.39, 0.29) is 16.5 Å². The van der Waals surface area contributed by atoms with Crippen molar-refractivity contribution in [1.82, 2.24) is 0 Å². The smallest absolute Gasteiger partial charge is 0.403 e. The molecule has 0 aliphatic rings. The van der Waals surface area contributed by atoms with Crippen molar-refractivity contribution in [2.24, 2.45) is 0 Å². The molecule has 7 nitrogen and oxygen atoms in total. The Labute approximate surface area is 95.3 Å². The number of phosphoric ester groups is 1. The summed E-state index contributed by atoms with van der Waals surface area (Å²) >= 11 is 5.62. The second-order valence-corrected chi connectivity index (χ2v) is 4.51. The predicted molar refractivity (Wildman–Crippen MR) is 55.6 cm³/mol. The molecule has 1 rings (SSSR count). The predicted octanol–water partition coefficient (Wildman–Crippen LogP) is 2.37. The number of hydrogen-bond donors (Lipinski definition) is 1. The fourth-order valence-corrected chi connectivity index (χ4v) is 1.59. The second-order valence-electron chi connectivity index (χ2n) is 2.61. The SMILES string of the molecule is COP(=O)(O)Oc1ccc([N+](=O)[O-])cc1Cl. The third-order valence-corrected chi connectivity index (χ3v) is 2.75. The number of phosphoric acid groups is 1. The Kier molecular flexibility index (Phi) is 3.88. The number of halogens is 1. The van der Waals surface area contributed by atoms with E-state index >= 15 is 0 Å². The zero-order valence-corrected chi connectivity index (χ0v) is 9.64. The molecule has 1 aromatic rings. The molecule has 88 valence electrons. The van der Waals surface area contributed by atoms with Gasteiger partial charge in [-0.1, -0.05) is 11.6 Å². The fourth-order valence-electron chi connectivity index (χ4n) is 0.839. The number of benzene rings is 1. The van der Waals surface area contributed by atoms with E-state index in [2.05, 4.69) is 9.05 Å². The molecule has 0 aromatic heterocycles. The lowest BCUT2D eigenvalue weighted by Crippen LogP contribution is -1.95. The van der Waals surface area contributed by atoms with Crippen LogP contribution in [0.4, 0.5) is 5.69 Å². The van der Waals surface area contributed by atoms with E-state index in [9.17, 15) is 14.7 Å². The van der Waals surface area contributed by atoms with Gasteiger partial charge in [-0.05, 0) is 6.07 Å². The lowest BCUT2D eigenvalue weighted by Gasteiger charge is -2.10. The van der Waals surface area contributed by atoms with Crippen LogP contribution in [0, 0.1) is 10.1 Å². The highest BCUT2D eigenvalue weighted by molar-refractivity contribution is 7.47. The van der Waals surface area contributed by atoms with Gasteiger partial charge in [0.25, 0.3) is 5.69 Å². The lowest BCUT2D eigenvalue weighted by atomic mass is 10.3. The summed E-state index contributed by atoms with van der Waals surface area (Å²) in [7, 11) is -3.23. The molecule has 0 aliphatic carbocycles. The molecule has 16 heavy (non-hydrogen) atoms. The molecular weight excluding hydrogens is 261 g/mol. The van der Waals surface area contributed by atoms with Crippen LogP contribution in [-0.2, 0) is 9.09 Å². The van der Waals surface area contributed by atoms with E-state index in [1.165, 1.54) is 0 Å². The summed E-state index contributed by atoms with van der Waals surface area (Å²) in [6, 6.07) is 3.21. The molecule has 1 atom stereocenters. The minimum Gasteiger partial charge on any atom is -0.403 e. The molecule has 0 amide bonds. The largest absolute Gasteiger partial charge is 0.527 e. The molecule has 0 heterocycles. The molecule has 0 radical (unpaired) electrons. The van der Waals surface area contributed by atoms with Crippen LogP contribution < -0.4 is 4.52 Å². The fraction of sp³-hybridized carbons (Fsp3) is 0.143. The van der Waals surface area contributed by atoms with Crippen LogP contribution in [0.15, 0.2) is 18.2 Å². The first-order chi connectivity index (χ1) is 7.35. The van der Waals surface area contributed by atoms with Crippen LogP contribution in [0.25, 0.3) is 0 Å². The maximum Gasteiger partial charge on any atom is 0.527 e. The summed E-state index contributed by atoms with van der Waals surface area (Å²) in [5.74, 6) is -0.167. The minimum atomic E-state index is -4.22. The first-order valence-corrected chi connectivity index (χ1v) is 5.75. The van der Waals surface area contributed by atoms with E-state index < -0.39 is 12.7 Å². The van der Waals surface area contributed by atoms with E-state index in [1.54, 1.807) is 0 Å². The van der Waals surface area contributed by atoms with E-state index in [4.69, 9.17) is 16.5 Å². The first kappa shape index (κ1) is 12.9. The number of nitro groups is 1. The third kappa shape index (κ3) is 3.18. The van der Waals surface area contributed by atoms with Crippen LogP contribution in [0.5, 0.6) is 5.75 Å². The molecule has 9 heteroatoms. The third-order valence-electron chi connectivity index (χ3n) is 1.57. The summed E-state index contributed by atoms with van der Waals surface area (Å²) in [6.07, 6.45) is 0. The molecule has 0 bridgehead atoms. The zero-order chi connectivity index (χ0) is 12.3. The minimum absolute atomic E-state index is 0.152. The Balaban J connectivity index is 3.00. The van der Waals surface area contributed by atoms with Gasteiger partial charge in [-0.25, -0.2) is 4.57 Å². The van der Waals surface area contributed by atoms with Gasteiger partial charge in [0.15, 0.2) is 5.75 Å². The number of non-ortho nitro benzene ring substituents is 1. The first-order valence-electron chi connectivity index (χ1n) is 3.88. The molecule has 0 saturated carbocycles. The number of hydrogen-bond acceptors (Lipinski definition) is 5. The summed E-state index contributed by atoms with van der Waals surface area (Å²) < 4.78 is 19.8. The van der Waals surface area contributed by atoms with Crippen molar-refractivity contribution in [2.75, 3.05) is 7.11 Å². The van der Waals surface area contributed by atoms with Crippen molar-refractivity contribution >= 4 is 25.1 Å². The normalized spacial score (nSPS) is 14.2. The van der Waals surface area contributed by atoms with Gasteiger partial charge in [-0.2, -0.15) is 0 Å². The number of nitro benzene ring substituents is 1. The van der Waals surface area contributed by atoms with E-state index in [1.807, 2.05) is 0 Å². The monoisotopic (exact) mass is 267 g/mol. The van der Waals surface area contributed by atoms with Gasteiger partial charge >= 0.3 is 7.82 Å². The van der Waals surface area contributed by atoms with Gasteiger partial charge in [0, 0.05) is 19.2 Å². The Hall–Kier alpha value is -1.14. The molecule has 1 unspecified atom stereocenters. The van der Waals surface area contributed by atoms with Crippen molar-refractivity contribution in [1.29, 1.82) is 0 Å². The molecule has 1 aromatic carbocycles. The molecule has 0 spiro atoms. The van der Waals surface area contributed by atoms with E-state index in [0.29, 0.717) is 0 Å². The van der Waals surface area contributed by atoms with Gasteiger partial charge in [-0.3, -0.25) is 19.5 Å². The van der Waals surface area contributed by atoms with Gasteiger partial charge in [-0.15, -0.1) is 0 Å². The Morgan fingerprint density at radius 2 is 2.19 bits per heavy atom. The van der Waals surface area contributed by atoms with Gasteiger partial charge in [0.05, 0.1) is 9.95 Å². The highest BCUT2D eigenvalue weighted by Gasteiger charge is 2.22. The standard InChI is InChI=1S/C7H7ClNO6P/c1-14-16(12,13)15-7-3-2-5(9(10)11)4-6(7)8/h2-4H,1H3,(H,12,13). The number of rotatable bonds is 4. The van der Waals surface area contributed by atoms with Gasteiger partial charge in [0.1, 0.15) is 0 Å². The lowest BCUT2D eigenvalue weighted by molar-refractivity contribution is -0.384. The van der Waals surface area contributed by atoms with E-state index in [0.717, 1.165) is 25.3 Å². The van der Waals surface area contributed by atoms with Crippen LogP contribution >= 0.6 is 19.4 Å². The van der Waals surface area contributed by atoms with Crippen molar-refractivity contribution in [3.8, 4) is 5.75 Å². The molecule has 1 N–H and O–H groups in total. The molecule has 0 saturated heterocycles. The summed E-state index contributed by atoms with van der Waals surface area (Å²) in [5.41, 5.74) is -0.248. The average Bonchev–Trinajstić information content (AvgIpc) is 2.20.